The predicted molar refractivity (Wildman–Crippen MR) is 128 cm³/mol. The largest absolute Gasteiger partial charge is 0.457 e. The molecular weight excluding hydrogens is 489 g/mol. The lowest BCUT2D eigenvalue weighted by molar-refractivity contribution is -0.384. The van der Waals surface area contributed by atoms with Gasteiger partial charge in [0.1, 0.15) is 17.1 Å². The quantitative estimate of drug-likeness (QED) is 0.171. The Morgan fingerprint density at radius 1 is 1.12 bits per heavy atom. The van der Waals surface area contributed by atoms with Crippen molar-refractivity contribution in [1.29, 1.82) is 0 Å². The number of non-ortho nitro benzene ring substituents is 1. The van der Waals surface area contributed by atoms with E-state index in [0.717, 1.165) is 0 Å². The van der Waals surface area contributed by atoms with Gasteiger partial charge in [-0.3, -0.25) is 29.9 Å². The normalized spacial score (nSPS) is 15.2. The van der Waals surface area contributed by atoms with Gasteiger partial charge in [-0.1, -0.05) is 29.3 Å². The Morgan fingerprint density at radius 3 is 2.58 bits per heavy atom. The van der Waals surface area contributed by atoms with Gasteiger partial charge in [-0.2, -0.15) is 0 Å². The fourth-order valence-electron chi connectivity index (χ4n) is 3.25. The Kier molecular flexibility index (Phi) is 6.03. The number of carbonyl (C=O) groups excluding carboxylic acids is 2. The predicted octanol–water partition coefficient (Wildman–Crippen LogP) is 5.30. The molecular formula is C22H13Cl2N3O5S. The standard InChI is InChI=1S/C22H13Cl2N3O5S/c1-11-16(23)3-2-4-18(11)26-21(29)15(20(28)25-22(26)33)10-13-6-8-19(32-13)14-7-5-12(27(30)31)9-17(14)24/h2-10H,1H3,(H,25,28,33)/b15-10+. The van der Waals surface area contributed by atoms with E-state index in [1.54, 1.807) is 37.3 Å². The molecule has 166 valence electrons. The lowest BCUT2D eigenvalue weighted by atomic mass is 10.1. The van der Waals surface area contributed by atoms with Gasteiger partial charge in [0.05, 0.1) is 15.6 Å². The molecule has 0 atom stereocenters. The Labute approximate surface area is 202 Å². The molecule has 2 aromatic carbocycles. The van der Waals surface area contributed by atoms with Crippen molar-refractivity contribution >= 4 is 69.8 Å². The molecule has 1 N–H and O–H groups in total. The van der Waals surface area contributed by atoms with Crippen LogP contribution in [0.15, 0.2) is 58.5 Å². The molecule has 4 rings (SSSR count). The van der Waals surface area contributed by atoms with Crippen LogP contribution >= 0.6 is 35.4 Å². The molecule has 0 radical (unpaired) electrons. The lowest BCUT2D eigenvalue weighted by Crippen LogP contribution is -2.54. The van der Waals surface area contributed by atoms with Crippen molar-refractivity contribution in [1.82, 2.24) is 5.32 Å². The van der Waals surface area contributed by atoms with E-state index < -0.39 is 16.7 Å². The minimum Gasteiger partial charge on any atom is -0.457 e. The molecule has 0 unspecified atom stereocenters. The van der Waals surface area contributed by atoms with E-state index in [1.165, 1.54) is 29.2 Å². The molecule has 0 saturated carbocycles. The van der Waals surface area contributed by atoms with Crippen LogP contribution in [-0.4, -0.2) is 21.9 Å². The average molecular weight is 502 g/mol. The number of benzene rings is 2. The number of hydrogen-bond donors (Lipinski definition) is 1. The lowest BCUT2D eigenvalue weighted by Gasteiger charge is -2.30. The van der Waals surface area contributed by atoms with Crippen molar-refractivity contribution < 1.29 is 18.9 Å². The Bertz CT molecular complexity index is 1380. The first kappa shape index (κ1) is 22.7. The smallest absolute Gasteiger partial charge is 0.270 e. The van der Waals surface area contributed by atoms with Crippen molar-refractivity contribution in [2.45, 2.75) is 6.92 Å². The van der Waals surface area contributed by atoms with E-state index in [4.69, 9.17) is 39.8 Å². The third kappa shape index (κ3) is 4.25. The molecule has 2 heterocycles. The topological polar surface area (TPSA) is 106 Å². The minimum atomic E-state index is -0.674. The van der Waals surface area contributed by atoms with Gasteiger partial charge in [-0.15, -0.1) is 0 Å². The summed E-state index contributed by atoms with van der Waals surface area (Å²) in [6, 6.07) is 12.1. The van der Waals surface area contributed by atoms with Crippen LogP contribution in [0.3, 0.4) is 0 Å². The Balaban J connectivity index is 1.69. The number of nitrogens with one attached hydrogen (secondary N) is 1. The summed E-state index contributed by atoms with van der Waals surface area (Å²) in [5.74, 6) is -0.801. The molecule has 11 heteroatoms. The van der Waals surface area contributed by atoms with Crippen molar-refractivity contribution in [3.05, 3.63) is 85.6 Å². The van der Waals surface area contributed by atoms with Crippen LogP contribution in [0.4, 0.5) is 11.4 Å². The molecule has 1 saturated heterocycles. The van der Waals surface area contributed by atoms with Crippen LogP contribution in [0.2, 0.25) is 10.0 Å². The average Bonchev–Trinajstić information content (AvgIpc) is 3.22. The van der Waals surface area contributed by atoms with Gasteiger partial charge >= 0.3 is 0 Å². The monoisotopic (exact) mass is 501 g/mol. The maximum atomic E-state index is 13.2. The van der Waals surface area contributed by atoms with Crippen molar-refractivity contribution in [2.75, 3.05) is 4.90 Å². The zero-order valence-corrected chi connectivity index (χ0v) is 19.1. The van der Waals surface area contributed by atoms with Crippen LogP contribution in [0.5, 0.6) is 0 Å². The number of amides is 2. The second-order valence-electron chi connectivity index (χ2n) is 6.97. The SMILES string of the molecule is Cc1c(Cl)cccc1N1C(=O)/C(=C/c2ccc(-c3ccc([N+](=O)[O-])cc3Cl)o2)C(=O)NC1=S. The van der Waals surface area contributed by atoms with Gasteiger partial charge in [0.15, 0.2) is 5.11 Å². The molecule has 0 bridgehead atoms. The number of thiocarbonyl (C=S) groups is 1. The van der Waals surface area contributed by atoms with Crippen LogP contribution in [0, 0.1) is 17.0 Å². The van der Waals surface area contributed by atoms with Gasteiger partial charge in [0.2, 0.25) is 0 Å². The molecule has 0 spiro atoms. The first-order chi connectivity index (χ1) is 15.7. The summed E-state index contributed by atoms with van der Waals surface area (Å²) in [5, 5.41) is 13.9. The van der Waals surface area contributed by atoms with Gasteiger partial charge in [-0.25, -0.2) is 0 Å². The number of nitro groups is 1. The molecule has 0 aliphatic carbocycles. The molecule has 1 aliphatic heterocycles. The summed E-state index contributed by atoms with van der Waals surface area (Å²) in [4.78, 5) is 37.2. The molecule has 1 aromatic heterocycles. The number of furan rings is 1. The summed E-state index contributed by atoms with van der Waals surface area (Å²) < 4.78 is 5.73. The number of nitro benzene ring substituents is 1. The van der Waals surface area contributed by atoms with Crippen molar-refractivity contribution in [3.63, 3.8) is 0 Å². The summed E-state index contributed by atoms with van der Waals surface area (Å²) in [7, 11) is 0. The molecule has 8 nitrogen and oxygen atoms in total. The molecule has 3 aromatic rings. The molecule has 1 aliphatic rings. The molecule has 2 amide bonds. The highest BCUT2D eigenvalue weighted by atomic mass is 35.5. The number of nitrogens with zero attached hydrogens (tertiary/aromatic N) is 2. The van der Waals surface area contributed by atoms with E-state index in [9.17, 15) is 19.7 Å². The van der Waals surface area contributed by atoms with E-state index in [2.05, 4.69) is 5.32 Å². The summed E-state index contributed by atoms with van der Waals surface area (Å²) in [6.45, 7) is 1.74. The van der Waals surface area contributed by atoms with Crippen LogP contribution < -0.4 is 10.2 Å². The van der Waals surface area contributed by atoms with Crippen LogP contribution in [-0.2, 0) is 9.59 Å². The molecule has 33 heavy (non-hydrogen) atoms. The third-order valence-electron chi connectivity index (χ3n) is 4.92. The van der Waals surface area contributed by atoms with E-state index in [1.807, 2.05) is 0 Å². The highest BCUT2D eigenvalue weighted by molar-refractivity contribution is 7.80. The van der Waals surface area contributed by atoms with E-state index in [0.29, 0.717) is 27.6 Å². The highest BCUT2D eigenvalue weighted by Gasteiger charge is 2.35. The zero-order chi connectivity index (χ0) is 23.9. The van der Waals surface area contributed by atoms with Crippen LogP contribution in [0.25, 0.3) is 17.4 Å². The highest BCUT2D eigenvalue weighted by Crippen LogP contribution is 2.33. The van der Waals surface area contributed by atoms with Gasteiger partial charge in [-0.05, 0) is 61.1 Å². The van der Waals surface area contributed by atoms with Gasteiger partial charge in [0.25, 0.3) is 17.5 Å². The van der Waals surface area contributed by atoms with E-state index >= 15 is 0 Å². The second kappa shape index (κ2) is 8.78. The van der Waals surface area contributed by atoms with E-state index in [-0.39, 0.29) is 27.2 Å². The zero-order valence-electron chi connectivity index (χ0n) is 16.8. The first-order valence-corrected chi connectivity index (χ1v) is 10.5. The van der Waals surface area contributed by atoms with Gasteiger partial charge in [0, 0.05) is 22.7 Å². The minimum absolute atomic E-state index is 0.0645. The Morgan fingerprint density at radius 2 is 1.88 bits per heavy atom. The third-order valence-corrected chi connectivity index (χ3v) is 5.93. The number of rotatable bonds is 4. The van der Waals surface area contributed by atoms with Gasteiger partial charge < -0.3 is 4.42 Å². The first-order valence-electron chi connectivity index (χ1n) is 9.38. The molecule has 1 fully saturated rings. The van der Waals surface area contributed by atoms with Crippen LogP contribution in [0.1, 0.15) is 11.3 Å². The Hall–Kier alpha value is -3.53. The number of carbonyl (C=O) groups is 2. The van der Waals surface area contributed by atoms with Crippen molar-refractivity contribution in [2.24, 2.45) is 0 Å². The summed E-state index contributed by atoms with van der Waals surface area (Å²) in [6.07, 6.45) is 1.29. The number of halogens is 2. The summed E-state index contributed by atoms with van der Waals surface area (Å²) >= 11 is 17.5. The summed E-state index contributed by atoms with van der Waals surface area (Å²) in [5.41, 5.74) is 1.14. The fraction of sp³-hybridized carbons (Fsp3) is 0.0455. The second-order valence-corrected chi connectivity index (χ2v) is 8.17. The number of hydrogen-bond acceptors (Lipinski definition) is 6. The van der Waals surface area contributed by atoms with Crippen molar-refractivity contribution in [3.8, 4) is 11.3 Å². The maximum Gasteiger partial charge on any atom is 0.270 e. The fourth-order valence-corrected chi connectivity index (χ4v) is 3.96. The maximum absolute atomic E-state index is 13.2. The number of anilines is 1.